The van der Waals surface area contributed by atoms with E-state index >= 15 is 0 Å². The number of likely N-dealkylation sites (N-methyl/N-ethyl adjacent to an activating group) is 1. The summed E-state index contributed by atoms with van der Waals surface area (Å²) < 4.78 is 6.60. The second kappa shape index (κ2) is 15.4. The molecule has 10 heteroatoms. The number of likely N-dealkylation sites (tertiary alicyclic amines) is 1. The van der Waals surface area contributed by atoms with Crippen molar-refractivity contribution >= 4 is 11.8 Å². The number of carbonyl (C=O) groups is 2. The second-order valence-corrected chi connectivity index (χ2v) is 17.0. The predicted octanol–water partition coefficient (Wildman–Crippen LogP) is 5.02. The lowest BCUT2D eigenvalue weighted by atomic mass is 9.45. The fraction of sp³-hybridized carbons (Fsp3) is 0.667. The first kappa shape index (κ1) is 37.3. The highest BCUT2D eigenvalue weighted by molar-refractivity contribution is 5.95. The highest BCUT2D eigenvalue weighted by Gasteiger charge is 2.57. The third kappa shape index (κ3) is 7.38. The Morgan fingerprint density at radius 1 is 1.12 bits per heavy atom. The zero-order valence-electron chi connectivity index (χ0n) is 31.7. The largest absolute Gasteiger partial charge is 0.492 e. The molecule has 4 aliphatic carbocycles. The van der Waals surface area contributed by atoms with Crippen LogP contribution in [0.3, 0.4) is 0 Å². The molecule has 8 rings (SSSR count). The number of rotatable bonds is 14. The van der Waals surface area contributed by atoms with Gasteiger partial charge in [0.05, 0.1) is 25.9 Å². The smallest absolute Gasteiger partial charge is 0.251 e. The van der Waals surface area contributed by atoms with E-state index in [0.29, 0.717) is 59.6 Å². The summed E-state index contributed by atoms with van der Waals surface area (Å²) in [7, 11) is 0. The number of aliphatic hydroxyl groups excluding tert-OH is 2. The molecule has 2 aromatic carbocycles. The van der Waals surface area contributed by atoms with Crippen molar-refractivity contribution in [1.82, 2.24) is 20.6 Å². The van der Waals surface area contributed by atoms with Gasteiger partial charge in [-0.2, -0.15) is 5.06 Å². The SMILES string of the molecule is CCN1CCC[C@H]1CNC(=O)c1cccc(-c2cccc(CN3O[C@@H](CO)[C@@H]([C@H](C)O)[C@H]3C(=O)N[C@H]3C[C@H]4C[C@@H]([C@@H]3C)C4(C)C)c2OCC2CC2)c1. The molecule has 0 spiro atoms. The molecular weight excluding hydrogens is 656 g/mol. The molecule has 52 heavy (non-hydrogen) atoms. The van der Waals surface area contributed by atoms with Crippen molar-refractivity contribution in [3.8, 4) is 16.9 Å². The number of aliphatic hydroxyl groups is 2. The van der Waals surface area contributed by atoms with Gasteiger partial charge in [-0.05, 0) is 105 Å². The molecule has 6 fully saturated rings. The number of para-hydroxylation sites is 1. The van der Waals surface area contributed by atoms with Crippen molar-refractivity contribution in [2.24, 2.45) is 35.0 Å². The molecule has 2 saturated heterocycles. The molecule has 10 nitrogen and oxygen atoms in total. The van der Waals surface area contributed by atoms with E-state index in [4.69, 9.17) is 9.57 Å². The molecule has 2 aliphatic heterocycles. The van der Waals surface area contributed by atoms with E-state index < -0.39 is 24.2 Å². The second-order valence-electron chi connectivity index (χ2n) is 17.0. The van der Waals surface area contributed by atoms with Crippen molar-refractivity contribution in [2.45, 2.75) is 110 Å². The molecule has 0 aromatic heterocycles. The molecule has 2 heterocycles. The predicted molar refractivity (Wildman–Crippen MR) is 200 cm³/mol. The van der Waals surface area contributed by atoms with Gasteiger partial charge in [0.1, 0.15) is 17.9 Å². The topological polar surface area (TPSA) is 124 Å². The van der Waals surface area contributed by atoms with Crippen molar-refractivity contribution in [2.75, 3.05) is 32.8 Å². The zero-order chi connectivity index (χ0) is 36.7. The van der Waals surface area contributed by atoms with Gasteiger partial charge in [-0.1, -0.05) is 58.0 Å². The Bertz CT molecular complexity index is 1590. The standard InChI is InChI=1S/C42H60N4O6/c1-6-45-17-9-13-32(45)21-43-40(49)29-11-7-10-28(18-29)33-14-8-12-30(39(33)51-24-27-15-16-27)22-46-38(37(26(3)48)36(23-47)52-46)41(50)44-35-20-31-19-34(25(35)2)42(31,4)5/h7-8,10-12,14,18,25-27,31-32,34-38,47-48H,6,9,13,15-17,19-24H2,1-5H3,(H,43,49)(H,44,50)/t25-,26-,31+,32-,34-,35-,36-,37+,38-/m0/s1. The van der Waals surface area contributed by atoms with Crippen molar-refractivity contribution in [1.29, 1.82) is 0 Å². The van der Waals surface area contributed by atoms with Gasteiger partial charge in [-0.25, -0.2) is 0 Å². The van der Waals surface area contributed by atoms with Gasteiger partial charge >= 0.3 is 0 Å². The number of hydrogen-bond donors (Lipinski definition) is 4. The van der Waals surface area contributed by atoms with E-state index in [1.165, 1.54) is 6.42 Å². The number of benzene rings is 2. The summed E-state index contributed by atoms with van der Waals surface area (Å²) in [5, 5.41) is 29.5. The van der Waals surface area contributed by atoms with Crippen LogP contribution >= 0.6 is 0 Å². The maximum atomic E-state index is 14.3. The minimum absolute atomic E-state index is 0.0583. The Morgan fingerprint density at radius 3 is 2.60 bits per heavy atom. The van der Waals surface area contributed by atoms with Crippen LogP contribution in [-0.4, -0.2) is 95.2 Å². The van der Waals surface area contributed by atoms with Gasteiger partial charge in [0.25, 0.3) is 5.91 Å². The molecule has 2 bridgehead atoms. The van der Waals surface area contributed by atoms with E-state index in [-0.39, 0.29) is 31.0 Å². The summed E-state index contributed by atoms with van der Waals surface area (Å²) >= 11 is 0. The van der Waals surface area contributed by atoms with E-state index in [0.717, 1.165) is 61.9 Å². The Hall–Kier alpha value is -3.02. The molecule has 2 amide bonds. The van der Waals surface area contributed by atoms with Crippen LogP contribution in [0, 0.1) is 35.0 Å². The van der Waals surface area contributed by atoms with Crippen LogP contribution < -0.4 is 15.4 Å². The summed E-state index contributed by atoms with van der Waals surface area (Å²) in [6.45, 7) is 14.0. The number of amides is 2. The minimum atomic E-state index is -0.876. The average Bonchev–Trinajstić information content (AvgIpc) is 3.72. The Kier molecular flexibility index (Phi) is 11.0. The van der Waals surface area contributed by atoms with E-state index in [9.17, 15) is 19.8 Å². The summed E-state index contributed by atoms with van der Waals surface area (Å²) in [6.07, 6.45) is 5.09. The quantitative estimate of drug-likeness (QED) is 0.215. The fourth-order valence-corrected chi connectivity index (χ4v) is 9.93. The van der Waals surface area contributed by atoms with Crippen molar-refractivity contribution < 1.29 is 29.4 Å². The van der Waals surface area contributed by atoms with Gasteiger partial charge < -0.3 is 25.6 Å². The third-order valence-corrected chi connectivity index (χ3v) is 13.5. The van der Waals surface area contributed by atoms with Crippen molar-refractivity contribution in [3.05, 3.63) is 53.6 Å². The lowest BCUT2D eigenvalue weighted by molar-refractivity contribution is -0.183. The molecule has 4 N–H and O–H groups in total. The Balaban J connectivity index is 1.13. The first-order valence-electron chi connectivity index (χ1n) is 19.9. The molecule has 9 atom stereocenters. The third-order valence-electron chi connectivity index (χ3n) is 13.5. The summed E-state index contributed by atoms with van der Waals surface area (Å²) in [5.74, 6) is 1.84. The van der Waals surface area contributed by atoms with Gasteiger partial charge in [-0.3, -0.25) is 19.3 Å². The lowest BCUT2D eigenvalue weighted by Crippen LogP contribution is -2.62. The maximum Gasteiger partial charge on any atom is 0.251 e. The lowest BCUT2D eigenvalue weighted by Gasteiger charge is -2.62. The van der Waals surface area contributed by atoms with Crippen LogP contribution in [0.25, 0.3) is 11.1 Å². The number of hydroxylamine groups is 2. The number of fused-ring (bicyclic) bond motifs is 2. The van der Waals surface area contributed by atoms with Crippen LogP contribution in [0.15, 0.2) is 42.5 Å². The monoisotopic (exact) mass is 716 g/mol. The average molecular weight is 717 g/mol. The molecule has 2 aromatic rings. The molecule has 6 aliphatic rings. The number of nitrogens with one attached hydrogen (secondary N) is 2. The molecule has 284 valence electrons. The van der Waals surface area contributed by atoms with E-state index in [2.05, 4.69) is 43.2 Å². The Morgan fingerprint density at radius 2 is 1.90 bits per heavy atom. The molecule has 4 saturated carbocycles. The molecular formula is C42H60N4O6. The van der Waals surface area contributed by atoms with Crippen LogP contribution in [0.4, 0.5) is 0 Å². The van der Waals surface area contributed by atoms with Crippen LogP contribution in [0.1, 0.15) is 89.1 Å². The van der Waals surface area contributed by atoms with Gasteiger partial charge in [-0.15, -0.1) is 0 Å². The number of hydrogen-bond acceptors (Lipinski definition) is 8. The first-order valence-corrected chi connectivity index (χ1v) is 19.9. The van der Waals surface area contributed by atoms with Gasteiger partial charge in [0.15, 0.2) is 0 Å². The number of carbonyl (C=O) groups excluding carboxylic acids is 2. The van der Waals surface area contributed by atoms with Gasteiger partial charge in [0, 0.05) is 41.2 Å². The van der Waals surface area contributed by atoms with Crippen molar-refractivity contribution in [3.63, 3.8) is 0 Å². The summed E-state index contributed by atoms with van der Waals surface area (Å²) in [6, 6.07) is 13.3. The zero-order valence-corrected chi connectivity index (χ0v) is 31.7. The minimum Gasteiger partial charge on any atom is -0.492 e. The first-order chi connectivity index (χ1) is 25.0. The van der Waals surface area contributed by atoms with Crippen LogP contribution in [0.5, 0.6) is 5.75 Å². The van der Waals surface area contributed by atoms with E-state index in [1.807, 2.05) is 42.5 Å². The number of ether oxygens (including phenoxy) is 1. The maximum absolute atomic E-state index is 14.3. The van der Waals surface area contributed by atoms with Crippen LogP contribution in [-0.2, 0) is 16.2 Å². The fourth-order valence-electron chi connectivity index (χ4n) is 9.93. The summed E-state index contributed by atoms with van der Waals surface area (Å²) in [5.41, 5.74) is 3.47. The number of nitrogens with zero attached hydrogens (tertiary/aromatic N) is 2. The normalized spacial score (nSPS) is 31.9. The molecule has 0 unspecified atom stereocenters. The Labute approximate surface area is 309 Å². The van der Waals surface area contributed by atoms with E-state index in [1.54, 1.807) is 12.0 Å². The highest BCUT2D eigenvalue weighted by Crippen LogP contribution is 2.61. The summed E-state index contributed by atoms with van der Waals surface area (Å²) in [4.78, 5) is 36.4. The van der Waals surface area contributed by atoms with Crippen LogP contribution in [0.2, 0.25) is 0 Å². The highest BCUT2D eigenvalue weighted by atomic mass is 16.7. The molecule has 0 radical (unpaired) electrons. The van der Waals surface area contributed by atoms with Gasteiger partial charge in [0.2, 0.25) is 5.91 Å².